The highest BCUT2D eigenvalue weighted by Gasteiger charge is 2.20. The molecule has 0 radical (unpaired) electrons. The summed E-state index contributed by atoms with van der Waals surface area (Å²) in [7, 11) is 1.63. The molecule has 0 amide bonds. The molecule has 7 heteroatoms. The number of hydrogen-bond donors (Lipinski definition) is 1. The van der Waals surface area contributed by atoms with Crippen molar-refractivity contribution >= 4 is 0 Å². The second-order valence-electron chi connectivity index (χ2n) is 6.65. The van der Waals surface area contributed by atoms with Crippen LogP contribution in [-0.2, 0) is 6.54 Å². The van der Waals surface area contributed by atoms with Crippen molar-refractivity contribution in [2.24, 2.45) is 0 Å². The second kappa shape index (κ2) is 9.02. The monoisotopic (exact) mass is 361 g/mol. The van der Waals surface area contributed by atoms with E-state index in [0.717, 1.165) is 55.7 Å². The summed E-state index contributed by atoms with van der Waals surface area (Å²) in [5.41, 5.74) is 0.915. The lowest BCUT2D eigenvalue weighted by molar-refractivity contribution is 0.0430. The van der Waals surface area contributed by atoms with Crippen LogP contribution in [0.15, 0.2) is 34.9 Å². The minimum atomic E-state index is -0.513. The van der Waals surface area contributed by atoms with Crippen molar-refractivity contribution in [1.82, 2.24) is 15.0 Å². The van der Waals surface area contributed by atoms with Crippen molar-refractivity contribution in [3.05, 3.63) is 41.8 Å². The van der Waals surface area contributed by atoms with Crippen LogP contribution in [0.25, 0.3) is 0 Å². The van der Waals surface area contributed by atoms with Gasteiger partial charge in [0.15, 0.2) is 5.76 Å². The van der Waals surface area contributed by atoms with Gasteiger partial charge in [-0.3, -0.25) is 9.80 Å². The fourth-order valence-electron chi connectivity index (χ4n) is 3.06. The van der Waals surface area contributed by atoms with E-state index in [-0.39, 0.29) is 6.61 Å². The van der Waals surface area contributed by atoms with Crippen molar-refractivity contribution in [3.63, 3.8) is 0 Å². The summed E-state index contributed by atoms with van der Waals surface area (Å²) in [5, 5.41) is 14.2. The topological polar surface area (TPSA) is 71.2 Å². The van der Waals surface area contributed by atoms with Crippen molar-refractivity contribution in [2.45, 2.75) is 19.6 Å². The predicted octanol–water partition coefficient (Wildman–Crippen LogP) is 1.55. The summed E-state index contributed by atoms with van der Waals surface area (Å²) in [6.45, 7) is 7.37. The van der Waals surface area contributed by atoms with Gasteiger partial charge in [-0.05, 0) is 31.2 Å². The smallest absolute Gasteiger partial charge is 0.150 e. The molecule has 3 rings (SSSR count). The van der Waals surface area contributed by atoms with E-state index in [9.17, 15) is 5.11 Å². The first-order valence-electron chi connectivity index (χ1n) is 8.94. The molecule has 0 saturated carbocycles. The van der Waals surface area contributed by atoms with E-state index in [1.54, 1.807) is 7.11 Å². The lowest BCUT2D eigenvalue weighted by Crippen LogP contribution is -2.48. The third-order valence-corrected chi connectivity index (χ3v) is 4.49. The Kier molecular flexibility index (Phi) is 6.49. The van der Waals surface area contributed by atoms with E-state index in [1.165, 1.54) is 0 Å². The van der Waals surface area contributed by atoms with E-state index in [1.807, 2.05) is 37.3 Å². The van der Waals surface area contributed by atoms with Crippen molar-refractivity contribution < 1.29 is 19.1 Å². The number of nitrogens with zero attached hydrogens (tertiary/aromatic N) is 3. The van der Waals surface area contributed by atoms with E-state index in [2.05, 4.69) is 15.0 Å². The lowest BCUT2D eigenvalue weighted by atomic mass is 10.2. The predicted molar refractivity (Wildman–Crippen MR) is 97.5 cm³/mol. The average Bonchev–Trinajstić information content (AvgIpc) is 3.07. The van der Waals surface area contributed by atoms with Gasteiger partial charge in [-0.1, -0.05) is 5.16 Å². The molecule has 1 atom stereocenters. The first-order valence-corrected chi connectivity index (χ1v) is 8.94. The highest BCUT2D eigenvalue weighted by molar-refractivity contribution is 5.31. The first kappa shape index (κ1) is 18.7. The zero-order chi connectivity index (χ0) is 18.4. The van der Waals surface area contributed by atoms with Gasteiger partial charge in [0.25, 0.3) is 0 Å². The Balaban J connectivity index is 1.35. The number of benzene rings is 1. The number of aryl methyl sites for hydroxylation is 1. The molecule has 1 saturated heterocycles. The Morgan fingerprint density at radius 3 is 2.38 bits per heavy atom. The number of β-amino-alcohol motifs (C(OH)–C–C–N with tert-alkyl or cyclic N) is 1. The normalized spacial score (nSPS) is 17.2. The SMILES string of the molecule is COc1ccc(OCC(O)CN2CCN(Cc3cc(C)no3)CC2)cc1. The molecule has 1 N–H and O–H groups in total. The van der Waals surface area contributed by atoms with E-state index in [4.69, 9.17) is 14.0 Å². The van der Waals surface area contributed by atoms with Crippen LogP contribution in [0.2, 0.25) is 0 Å². The minimum Gasteiger partial charge on any atom is -0.497 e. The maximum absolute atomic E-state index is 10.2. The van der Waals surface area contributed by atoms with Crippen molar-refractivity contribution in [2.75, 3.05) is 46.4 Å². The van der Waals surface area contributed by atoms with Crippen LogP contribution in [0.5, 0.6) is 11.5 Å². The van der Waals surface area contributed by atoms with Crippen molar-refractivity contribution in [1.29, 1.82) is 0 Å². The Morgan fingerprint density at radius 1 is 1.12 bits per heavy atom. The maximum atomic E-state index is 10.2. The minimum absolute atomic E-state index is 0.282. The number of aromatic nitrogens is 1. The fraction of sp³-hybridized carbons (Fsp3) is 0.526. The van der Waals surface area contributed by atoms with Crippen LogP contribution in [0.1, 0.15) is 11.5 Å². The summed E-state index contributed by atoms with van der Waals surface area (Å²) in [4.78, 5) is 4.61. The van der Waals surface area contributed by atoms with Gasteiger partial charge >= 0.3 is 0 Å². The molecule has 1 aromatic heterocycles. The van der Waals surface area contributed by atoms with Crippen molar-refractivity contribution in [3.8, 4) is 11.5 Å². The van der Waals surface area contributed by atoms with Crippen LogP contribution < -0.4 is 9.47 Å². The Hall–Kier alpha value is -2.09. The van der Waals surface area contributed by atoms with Gasteiger partial charge in [-0.15, -0.1) is 0 Å². The number of methoxy groups -OCH3 is 1. The number of aliphatic hydroxyl groups is 1. The molecule has 0 bridgehead atoms. The van der Waals surface area contributed by atoms with Crippen LogP contribution in [0.3, 0.4) is 0 Å². The van der Waals surface area contributed by atoms with Gasteiger partial charge in [0.2, 0.25) is 0 Å². The zero-order valence-corrected chi connectivity index (χ0v) is 15.4. The van der Waals surface area contributed by atoms with Gasteiger partial charge < -0.3 is 19.1 Å². The average molecular weight is 361 g/mol. The van der Waals surface area contributed by atoms with Crippen LogP contribution in [-0.4, -0.2) is 72.6 Å². The molecule has 1 aromatic carbocycles. The number of hydrogen-bond acceptors (Lipinski definition) is 7. The number of piperazine rings is 1. The summed E-state index contributed by atoms with van der Waals surface area (Å²) in [6.07, 6.45) is -0.513. The molecule has 142 valence electrons. The third-order valence-electron chi connectivity index (χ3n) is 4.49. The molecule has 0 spiro atoms. The van der Waals surface area contributed by atoms with Gasteiger partial charge in [-0.25, -0.2) is 0 Å². The standard InChI is InChI=1S/C19H27N3O4/c1-15-11-19(26-20-15)13-22-9-7-21(8-10-22)12-16(23)14-25-18-5-3-17(24-2)4-6-18/h3-6,11,16,23H,7-10,12-14H2,1-2H3. The van der Waals surface area contributed by atoms with Crippen LogP contribution >= 0.6 is 0 Å². The van der Waals surface area contributed by atoms with E-state index >= 15 is 0 Å². The molecule has 2 heterocycles. The lowest BCUT2D eigenvalue weighted by Gasteiger charge is -2.35. The first-order chi connectivity index (χ1) is 12.6. The second-order valence-corrected chi connectivity index (χ2v) is 6.65. The number of rotatable bonds is 8. The highest BCUT2D eigenvalue weighted by atomic mass is 16.5. The summed E-state index contributed by atoms with van der Waals surface area (Å²) in [6, 6.07) is 9.35. The Morgan fingerprint density at radius 2 is 1.77 bits per heavy atom. The van der Waals surface area contributed by atoms with Gasteiger partial charge in [0.05, 0.1) is 19.3 Å². The van der Waals surface area contributed by atoms with E-state index in [0.29, 0.717) is 6.54 Å². The molecule has 2 aromatic rings. The van der Waals surface area contributed by atoms with Gasteiger partial charge in [0, 0.05) is 38.8 Å². The largest absolute Gasteiger partial charge is 0.497 e. The quantitative estimate of drug-likeness (QED) is 0.765. The van der Waals surface area contributed by atoms with Crippen LogP contribution in [0.4, 0.5) is 0 Å². The summed E-state index contributed by atoms with van der Waals surface area (Å²) < 4.78 is 16.0. The molecular weight excluding hydrogens is 334 g/mol. The molecule has 7 nitrogen and oxygen atoms in total. The van der Waals surface area contributed by atoms with Crippen LogP contribution in [0, 0.1) is 6.92 Å². The Labute approximate surface area is 154 Å². The van der Waals surface area contributed by atoms with Gasteiger partial charge in [0.1, 0.15) is 24.2 Å². The maximum Gasteiger partial charge on any atom is 0.150 e. The number of ether oxygens (including phenoxy) is 2. The van der Waals surface area contributed by atoms with E-state index < -0.39 is 6.10 Å². The summed E-state index contributed by atoms with van der Waals surface area (Å²) >= 11 is 0. The molecule has 0 aliphatic carbocycles. The molecule has 1 aliphatic heterocycles. The molecule has 26 heavy (non-hydrogen) atoms. The molecule has 1 aliphatic rings. The van der Waals surface area contributed by atoms with Gasteiger partial charge in [-0.2, -0.15) is 0 Å². The third kappa shape index (κ3) is 5.45. The molecule has 1 unspecified atom stereocenters. The molecule has 1 fully saturated rings. The zero-order valence-electron chi connectivity index (χ0n) is 15.4. The number of aliphatic hydroxyl groups excluding tert-OH is 1. The Bertz CT molecular complexity index is 666. The summed E-state index contributed by atoms with van der Waals surface area (Å²) in [5.74, 6) is 2.43. The fourth-order valence-corrected chi connectivity index (χ4v) is 3.06. The molecular formula is C19H27N3O4. The highest BCUT2D eigenvalue weighted by Crippen LogP contribution is 2.17.